The van der Waals surface area contributed by atoms with Crippen LogP contribution in [0.15, 0.2) is 24.3 Å². The quantitative estimate of drug-likeness (QED) is 0.852. The number of amides is 3. The maximum absolute atomic E-state index is 12.6. The number of hydrogen-bond donors (Lipinski definition) is 1. The molecule has 8 heteroatoms. The highest BCUT2D eigenvalue weighted by Crippen LogP contribution is 2.31. The number of ether oxygens (including phenoxy) is 1. The Morgan fingerprint density at radius 3 is 2.63 bits per heavy atom. The summed E-state index contributed by atoms with van der Waals surface area (Å²) in [5.74, 6) is -0.607. The summed E-state index contributed by atoms with van der Waals surface area (Å²) in [6.07, 6.45) is 1.23. The van der Waals surface area contributed by atoms with Crippen LogP contribution in [0, 0.1) is 5.92 Å². The van der Waals surface area contributed by atoms with Crippen molar-refractivity contribution in [3.8, 4) is 0 Å². The van der Waals surface area contributed by atoms with Crippen LogP contribution in [0.2, 0.25) is 5.02 Å². The third-order valence-electron chi connectivity index (χ3n) is 5.01. The molecule has 2 heterocycles. The molecule has 2 saturated heterocycles. The number of nitrogens with one attached hydrogen (secondary N) is 1. The summed E-state index contributed by atoms with van der Waals surface area (Å²) in [5.41, 5.74) is 0.641. The molecule has 1 N–H and O–H groups in total. The van der Waals surface area contributed by atoms with Crippen LogP contribution in [-0.2, 0) is 14.3 Å². The molecule has 0 aromatic heterocycles. The smallest absolute Gasteiger partial charge is 0.409 e. The van der Waals surface area contributed by atoms with E-state index in [1.807, 2.05) is 6.07 Å². The van der Waals surface area contributed by atoms with Crippen molar-refractivity contribution in [3.05, 3.63) is 29.3 Å². The number of anilines is 1. The Morgan fingerprint density at radius 2 is 1.96 bits per heavy atom. The summed E-state index contributed by atoms with van der Waals surface area (Å²) in [5, 5.41) is 3.53. The van der Waals surface area contributed by atoms with E-state index in [9.17, 15) is 14.4 Å². The van der Waals surface area contributed by atoms with Gasteiger partial charge in [-0.3, -0.25) is 9.59 Å². The van der Waals surface area contributed by atoms with E-state index in [1.54, 1.807) is 34.9 Å². The zero-order chi connectivity index (χ0) is 19.4. The lowest BCUT2D eigenvalue weighted by atomic mass is 10.0. The Bertz CT molecular complexity index is 719. The van der Waals surface area contributed by atoms with E-state index in [4.69, 9.17) is 16.3 Å². The van der Waals surface area contributed by atoms with Gasteiger partial charge in [0.05, 0.1) is 23.2 Å². The Hall–Kier alpha value is -2.28. The van der Waals surface area contributed by atoms with Gasteiger partial charge in [0.25, 0.3) is 0 Å². The molecule has 0 bridgehead atoms. The van der Waals surface area contributed by atoms with Gasteiger partial charge in [-0.2, -0.15) is 0 Å². The first-order valence-corrected chi connectivity index (χ1v) is 9.64. The highest BCUT2D eigenvalue weighted by Gasteiger charge is 2.37. The van der Waals surface area contributed by atoms with Gasteiger partial charge in [0.2, 0.25) is 11.8 Å². The van der Waals surface area contributed by atoms with Gasteiger partial charge in [0, 0.05) is 32.1 Å². The molecule has 0 saturated carbocycles. The lowest BCUT2D eigenvalue weighted by molar-refractivity contribution is -0.127. The maximum atomic E-state index is 12.6. The molecule has 2 fully saturated rings. The molecule has 1 aromatic carbocycles. The van der Waals surface area contributed by atoms with Crippen molar-refractivity contribution in [2.45, 2.75) is 32.2 Å². The first kappa shape index (κ1) is 19.5. The van der Waals surface area contributed by atoms with E-state index >= 15 is 0 Å². The lowest BCUT2D eigenvalue weighted by Gasteiger charge is -2.32. The fourth-order valence-electron chi connectivity index (χ4n) is 3.53. The summed E-state index contributed by atoms with van der Waals surface area (Å²) < 4.78 is 5.00. The molecule has 27 heavy (non-hydrogen) atoms. The van der Waals surface area contributed by atoms with E-state index in [0.717, 1.165) is 0 Å². The predicted molar refractivity (Wildman–Crippen MR) is 102 cm³/mol. The molecule has 3 amide bonds. The number of carbonyl (C=O) groups is 3. The fraction of sp³-hybridized carbons (Fsp3) is 0.526. The van der Waals surface area contributed by atoms with E-state index in [0.29, 0.717) is 49.8 Å². The Labute approximate surface area is 163 Å². The van der Waals surface area contributed by atoms with E-state index in [-0.39, 0.29) is 30.4 Å². The van der Waals surface area contributed by atoms with Crippen molar-refractivity contribution < 1.29 is 19.1 Å². The number of rotatable bonds is 4. The third-order valence-corrected chi connectivity index (χ3v) is 5.33. The van der Waals surface area contributed by atoms with Crippen LogP contribution < -0.4 is 10.2 Å². The summed E-state index contributed by atoms with van der Waals surface area (Å²) in [6, 6.07) is 7.14. The Kier molecular flexibility index (Phi) is 6.21. The average molecular weight is 394 g/mol. The number of nitrogens with zero attached hydrogens (tertiary/aromatic N) is 2. The standard InChI is InChI=1S/C19H24ClN3O4/c1-2-27-19(26)22-9-7-14(8-10-22)21-18(25)13-11-17(24)23(12-13)16-6-4-3-5-15(16)20/h3-6,13-14H,2,7-12H2,1H3,(H,21,25)/t13-/m1/s1. The van der Waals surface area contributed by atoms with Gasteiger partial charge in [0.1, 0.15) is 0 Å². The number of likely N-dealkylation sites (tertiary alicyclic amines) is 1. The van der Waals surface area contributed by atoms with E-state index < -0.39 is 5.92 Å². The monoisotopic (exact) mass is 393 g/mol. The summed E-state index contributed by atoms with van der Waals surface area (Å²) in [6.45, 7) is 3.57. The molecule has 146 valence electrons. The van der Waals surface area contributed by atoms with Crippen molar-refractivity contribution in [1.29, 1.82) is 0 Å². The zero-order valence-electron chi connectivity index (χ0n) is 15.3. The predicted octanol–water partition coefficient (Wildman–Crippen LogP) is 2.43. The molecule has 2 aliphatic heterocycles. The second-order valence-corrected chi connectivity index (χ2v) is 7.23. The molecule has 1 atom stereocenters. The molecule has 0 unspecified atom stereocenters. The van der Waals surface area contributed by atoms with Gasteiger partial charge >= 0.3 is 6.09 Å². The SMILES string of the molecule is CCOC(=O)N1CCC(NC(=O)[C@@H]2CC(=O)N(c3ccccc3Cl)C2)CC1. The van der Waals surface area contributed by atoms with Gasteiger partial charge in [-0.1, -0.05) is 23.7 Å². The minimum Gasteiger partial charge on any atom is -0.450 e. The summed E-state index contributed by atoms with van der Waals surface area (Å²) in [7, 11) is 0. The average Bonchev–Trinajstić information content (AvgIpc) is 3.04. The van der Waals surface area contributed by atoms with Crippen molar-refractivity contribution in [2.75, 3.05) is 31.1 Å². The minimum absolute atomic E-state index is 0.00708. The topological polar surface area (TPSA) is 79.0 Å². The number of benzene rings is 1. The molecule has 0 aliphatic carbocycles. The van der Waals surface area contributed by atoms with Crippen LogP contribution in [0.3, 0.4) is 0 Å². The van der Waals surface area contributed by atoms with Crippen LogP contribution in [-0.4, -0.2) is 55.1 Å². The molecular weight excluding hydrogens is 370 g/mol. The largest absolute Gasteiger partial charge is 0.450 e. The Balaban J connectivity index is 1.52. The second kappa shape index (κ2) is 8.61. The lowest BCUT2D eigenvalue weighted by Crippen LogP contribution is -2.48. The summed E-state index contributed by atoms with van der Waals surface area (Å²) >= 11 is 6.18. The first-order chi connectivity index (χ1) is 13.0. The van der Waals surface area contributed by atoms with Crippen molar-refractivity contribution in [2.24, 2.45) is 5.92 Å². The molecule has 1 aromatic rings. The number of hydrogen-bond acceptors (Lipinski definition) is 4. The number of para-hydroxylation sites is 1. The maximum Gasteiger partial charge on any atom is 0.409 e. The zero-order valence-corrected chi connectivity index (χ0v) is 16.1. The van der Waals surface area contributed by atoms with Crippen LogP contribution in [0.25, 0.3) is 0 Å². The molecule has 0 radical (unpaired) electrons. The molecule has 3 rings (SSSR count). The number of halogens is 1. The van der Waals surface area contributed by atoms with Crippen molar-refractivity contribution >= 4 is 35.2 Å². The normalized spacial score (nSPS) is 20.7. The summed E-state index contributed by atoms with van der Waals surface area (Å²) in [4.78, 5) is 39.9. The molecule has 0 spiro atoms. The van der Waals surface area contributed by atoms with Gasteiger partial charge in [0.15, 0.2) is 0 Å². The van der Waals surface area contributed by atoms with Crippen LogP contribution in [0.5, 0.6) is 0 Å². The third kappa shape index (κ3) is 4.53. The van der Waals surface area contributed by atoms with Gasteiger partial charge < -0.3 is 19.9 Å². The van der Waals surface area contributed by atoms with Crippen LogP contribution in [0.1, 0.15) is 26.2 Å². The van der Waals surface area contributed by atoms with Gasteiger partial charge in [-0.05, 0) is 31.9 Å². The van der Waals surface area contributed by atoms with Crippen molar-refractivity contribution in [1.82, 2.24) is 10.2 Å². The highest BCUT2D eigenvalue weighted by molar-refractivity contribution is 6.33. The molecule has 2 aliphatic rings. The number of piperidine rings is 1. The van der Waals surface area contributed by atoms with E-state index in [1.165, 1.54) is 0 Å². The Morgan fingerprint density at radius 1 is 1.26 bits per heavy atom. The highest BCUT2D eigenvalue weighted by atomic mass is 35.5. The first-order valence-electron chi connectivity index (χ1n) is 9.26. The molecular formula is C19H24ClN3O4. The van der Waals surface area contributed by atoms with Gasteiger partial charge in [-0.15, -0.1) is 0 Å². The van der Waals surface area contributed by atoms with Crippen LogP contribution in [0.4, 0.5) is 10.5 Å². The number of carbonyl (C=O) groups excluding carboxylic acids is 3. The second-order valence-electron chi connectivity index (χ2n) is 6.83. The molecule has 7 nitrogen and oxygen atoms in total. The van der Waals surface area contributed by atoms with Crippen LogP contribution >= 0.6 is 11.6 Å². The fourth-order valence-corrected chi connectivity index (χ4v) is 3.76. The van der Waals surface area contributed by atoms with Crippen molar-refractivity contribution in [3.63, 3.8) is 0 Å². The van der Waals surface area contributed by atoms with E-state index in [2.05, 4.69) is 5.32 Å². The van der Waals surface area contributed by atoms with Gasteiger partial charge in [-0.25, -0.2) is 4.79 Å². The minimum atomic E-state index is -0.392.